The molecular weight excluding hydrogens is 340 g/mol. The second-order valence-electron chi connectivity index (χ2n) is 4.21. The summed E-state index contributed by atoms with van der Waals surface area (Å²) >= 11 is 3.26. The van der Waals surface area contributed by atoms with E-state index < -0.39 is 10.8 Å². The van der Waals surface area contributed by atoms with E-state index in [0.29, 0.717) is 5.69 Å². The van der Waals surface area contributed by atoms with Crippen molar-refractivity contribution in [2.24, 2.45) is 7.05 Å². The van der Waals surface area contributed by atoms with Crippen molar-refractivity contribution in [3.05, 3.63) is 56.3 Å². The first-order valence-corrected chi connectivity index (χ1v) is 6.53. The molecule has 0 saturated heterocycles. The number of nitriles is 1. The molecule has 0 saturated carbocycles. The molecule has 0 aliphatic rings. The molecule has 106 valence electrons. The number of carbonyl (C=O) groups is 1. The summed E-state index contributed by atoms with van der Waals surface area (Å²) in [6, 6.07) is 7.16. The summed E-state index contributed by atoms with van der Waals surface area (Å²) in [5.74, 6) is -0.409. The van der Waals surface area contributed by atoms with E-state index in [-0.39, 0.29) is 16.9 Å². The topological polar surface area (TPSA) is 101 Å². The highest BCUT2D eigenvalue weighted by atomic mass is 79.9. The monoisotopic (exact) mass is 348 g/mol. The summed E-state index contributed by atoms with van der Waals surface area (Å²) in [6.07, 6.45) is 1.72. The number of nitro groups is 1. The number of carbonyl (C=O) groups excluding carboxylic acids is 1. The first-order chi connectivity index (χ1) is 9.92. The zero-order valence-electron chi connectivity index (χ0n) is 10.8. The van der Waals surface area contributed by atoms with Crippen molar-refractivity contribution >= 4 is 33.2 Å². The maximum Gasteiger partial charge on any atom is 0.272 e. The van der Waals surface area contributed by atoms with E-state index in [1.165, 1.54) is 12.1 Å². The predicted octanol–water partition coefficient (Wildman–Crippen LogP) is 2.82. The third-order valence-corrected chi connectivity index (χ3v) is 3.22. The Labute approximate surface area is 128 Å². The molecule has 0 spiro atoms. The number of hydrogen-bond donors (Lipinski definition) is 1. The van der Waals surface area contributed by atoms with Crippen LogP contribution in [0.25, 0.3) is 0 Å². The molecule has 21 heavy (non-hydrogen) atoms. The van der Waals surface area contributed by atoms with E-state index in [4.69, 9.17) is 5.26 Å². The van der Waals surface area contributed by atoms with Crippen LogP contribution in [0.5, 0.6) is 0 Å². The van der Waals surface area contributed by atoms with Crippen LogP contribution in [0.3, 0.4) is 0 Å². The zero-order chi connectivity index (χ0) is 15.6. The zero-order valence-corrected chi connectivity index (χ0v) is 12.4. The second-order valence-corrected chi connectivity index (χ2v) is 5.12. The number of hydrogen-bond acceptors (Lipinski definition) is 4. The van der Waals surface area contributed by atoms with Gasteiger partial charge in [0.25, 0.3) is 11.6 Å². The predicted molar refractivity (Wildman–Crippen MR) is 78.9 cm³/mol. The Morgan fingerprint density at radius 1 is 1.48 bits per heavy atom. The third kappa shape index (κ3) is 3.09. The highest BCUT2D eigenvalue weighted by Crippen LogP contribution is 2.22. The van der Waals surface area contributed by atoms with Crippen molar-refractivity contribution in [3.63, 3.8) is 0 Å². The summed E-state index contributed by atoms with van der Waals surface area (Å²) < 4.78 is 2.37. The van der Waals surface area contributed by atoms with Gasteiger partial charge in [0.2, 0.25) is 0 Å². The molecule has 0 radical (unpaired) electrons. The lowest BCUT2D eigenvalue weighted by Gasteiger charge is -2.07. The number of benzene rings is 1. The summed E-state index contributed by atoms with van der Waals surface area (Å²) in [6.45, 7) is 0. The van der Waals surface area contributed by atoms with Gasteiger partial charge in [-0.3, -0.25) is 14.9 Å². The molecule has 1 N–H and O–H groups in total. The fourth-order valence-electron chi connectivity index (χ4n) is 1.78. The summed E-state index contributed by atoms with van der Waals surface area (Å²) in [5, 5.41) is 22.3. The van der Waals surface area contributed by atoms with Gasteiger partial charge in [-0.2, -0.15) is 5.26 Å². The molecule has 2 aromatic rings. The normalized spacial score (nSPS) is 9.95. The van der Waals surface area contributed by atoms with Gasteiger partial charge in [-0.05, 0) is 28.1 Å². The van der Waals surface area contributed by atoms with Crippen molar-refractivity contribution in [1.82, 2.24) is 4.57 Å². The SMILES string of the molecule is Cn1cc(Br)cc1C(=O)Nc1ccc([N+](=O)[O-])cc1C#N. The lowest BCUT2D eigenvalue weighted by molar-refractivity contribution is -0.384. The molecule has 1 heterocycles. The lowest BCUT2D eigenvalue weighted by Crippen LogP contribution is -2.16. The van der Waals surface area contributed by atoms with Gasteiger partial charge in [-0.25, -0.2) is 0 Å². The van der Waals surface area contributed by atoms with Crippen molar-refractivity contribution < 1.29 is 9.72 Å². The van der Waals surface area contributed by atoms with Gasteiger partial charge in [0.1, 0.15) is 11.8 Å². The van der Waals surface area contributed by atoms with Crippen LogP contribution in [0.15, 0.2) is 34.9 Å². The molecule has 0 fully saturated rings. The van der Waals surface area contributed by atoms with Crippen molar-refractivity contribution in [2.75, 3.05) is 5.32 Å². The van der Waals surface area contributed by atoms with Crippen LogP contribution >= 0.6 is 15.9 Å². The molecule has 0 aliphatic carbocycles. The van der Waals surface area contributed by atoms with E-state index >= 15 is 0 Å². The van der Waals surface area contributed by atoms with Gasteiger partial charge < -0.3 is 9.88 Å². The summed E-state index contributed by atoms with van der Waals surface area (Å²) in [5.41, 5.74) is 0.450. The number of anilines is 1. The fourth-order valence-corrected chi connectivity index (χ4v) is 2.31. The molecule has 7 nitrogen and oxygen atoms in total. The van der Waals surface area contributed by atoms with Gasteiger partial charge in [-0.15, -0.1) is 0 Å². The van der Waals surface area contributed by atoms with Gasteiger partial charge in [0, 0.05) is 29.8 Å². The minimum atomic E-state index is -0.596. The van der Waals surface area contributed by atoms with Crippen LogP contribution in [0.2, 0.25) is 0 Å². The number of non-ortho nitro benzene ring substituents is 1. The minimum Gasteiger partial charge on any atom is -0.345 e. The number of halogens is 1. The number of amides is 1. The molecule has 0 unspecified atom stereocenters. The molecule has 2 rings (SSSR count). The Morgan fingerprint density at radius 3 is 2.71 bits per heavy atom. The largest absolute Gasteiger partial charge is 0.345 e. The molecule has 1 amide bonds. The van der Waals surface area contributed by atoms with Gasteiger partial charge in [0.15, 0.2) is 0 Å². The van der Waals surface area contributed by atoms with Crippen LogP contribution in [0.4, 0.5) is 11.4 Å². The Balaban J connectivity index is 2.32. The Hall–Kier alpha value is -2.66. The lowest BCUT2D eigenvalue weighted by atomic mass is 10.1. The molecule has 1 aromatic heterocycles. The second kappa shape index (κ2) is 5.76. The van der Waals surface area contributed by atoms with Gasteiger partial charge >= 0.3 is 0 Å². The number of nitro benzene ring substituents is 1. The fraction of sp³-hybridized carbons (Fsp3) is 0.0769. The first kappa shape index (κ1) is 14.7. The average Bonchev–Trinajstić information content (AvgIpc) is 2.78. The van der Waals surface area contributed by atoms with Crippen molar-refractivity contribution in [3.8, 4) is 6.07 Å². The molecule has 8 heteroatoms. The Bertz CT molecular complexity index is 776. The van der Waals surface area contributed by atoms with E-state index in [1.54, 1.807) is 23.9 Å². The van der Waals surface area contributed by atoms with Crippen LogP contribution < -0.4 is 5.32 Å². The molecular formula is C13H9BrN4O3. The van der Waals surface area contributed by atoms with Crippen molar-refractivity contribution in [2.45, 2.75) is 0 Å². The Morgan fingerprint density at radius 2 is 2.19 bits per heavy atom. The number of rotatable bonds is 3. The third-order valence-electron chi connectivity index (χ3n) is 2.79. The number of aryl methyl sites for hydroxylation is 1. The van der Waals surface area contributed by atoms with Crippen LogP contribution in [-0.2, 0) is 7.05 Å². The summed E-state index contributed by atoms with van der Waals surface area (Å²) in [7, 11) is 1.71. The minimum absolute atomic E-state index is 0.0332. The highest BCUT2D eigenvalue weighted by molar-refractivity contribution is 9.10. The summed E-state index contributed by atoms with van der Waals surface area (Å²) in [4.78, 5) is 22.2. The number of aromatic nitrogens is 1. The standard InChI is InChI=1S/C13H9BrN4O3/c1-17-7-9(14)5-12(17)13(19)16-11-3-2-10(18(20)21)4-8(11)6-15/h2-5,7H,1H3,(H,16,19). The van der Waals surface area contributed by atoms with Crippen LogP contribution in [0.1, 0.15) is 16.1 Å². The average molecular weight is 349 g/mol. The molecule has 1 aromatic carbocycles. The van der Waals surface area contributed by atoms with Gasteiger partial charge in [-0.1, -0.05) is 0 Å². The van der Waals surface area contributed by atoms with E-state index in [0.717, 1.165) is 10.5 Å². The smallest absolute Gasteiger partial charge is 0.272 e. The number of nitrogens with zero attached hydrogens (tertiary/aromatic N) is 3. The van der Waals surface area contributed by atoms with E-state index in [1.807, 2.05) is 6.07 Å². The first-order valence-electron chi connectivity index (χ1n) is 5.74. The van der Waals surface area contributed by atoms with Crippen LogP contribution in [0, 0.1) is 21.4 Å². The highest BCUT2D eigenvalue weighted by Gasteiger charge is 2.15. The Kier molecular flexibility index (Phi) is 4.05. The quantitative estimate of drug-likeness (QED) is 0.680. The maximum absolute atomic E-state index is 12.1. The maximum atomic E-state index is 12.1. The van der Waals surface area contributed by atoms with E-state index in [2.05, 4.69) is 21.2 Å². The number of nitrogens with one attached hydrogen (secondary N) is 1. The molecule has 0 aliphatic heterocycles. The molecule has 0 atom stereocenters. The van der Waals surface area contributed by atoms with Gasteiger partial charge in [0.05, 0.1) is 16.2 Å². The molecule has 0 bridgehead atoms. The van der Waals surface area contributed by atoms with Crippen LogP contribution in [-0.4, -0.2) is 15.4 Å². The van der Waals surface area contributed by atoms with Crippen molar-refractivity contribution in [1.29, 1.82) is 5.26 Å². The van der Waals surface area contributed by atoms with E-state index in [9.17, 15) is 14.9 Å².